The zero-order chi connectivity index (χ0) is 21.1. The highest BCUT2D eigenvalue weighted by molar-refractivity contribution is 4.74. The van der Waals surface area contributed by atoms with Crippen molar-refractivity contribution in [2.75, 3.05) is 0 Å². The van der Waals surface area contributed by atoms with Gasteiger partial charge in [0.05, 0.1) is 0 Å². The topological polar surface area (TPSA) is 0 Å². The minimum absolute atomic E-state index is 0.846. The van der Waals surface area contributed by atoms with E-state index in [4.69, 9.17) is 0 Å². The standard InChI is InChI=1S/C27H56/c1-19(2)12-14-21(5)22(6)16-17-23(7)25(9)18-26(10)27(11)24(8)15-13-20(3)4/h19-27H,12-18H2,1-11H3. The van der Waals surface area contributed by atoms with Gasteiger partial charge in [-0.25, -0.2) is 0 Å². The average Bonchev–Trinajstić information content (AvgIpc) is 2.60. The Bertz CT molecular complexity index is 342. The molecule has 0 aliphatic rings. The van der Waals surface area contributed by atoms with E-state index in [9.17, 15) is 0 Å². The fourth-order valence-electron chi connectivity index (χ4n) is 4.43. The van der Waals surface area contributed by atoms with E-state index in [1.54, 1.807) is 0 Å². The highest BCUT2D eigenvalue weighted by atomic mass is 14.3. The third-order valence-corrected chi connectivity index (χ3v) is 7.96. The van der Waals surface area contributed by atoms with Gasteiger partial charge in [-0.15, -0.1) is 0 Å². The van der Waals surface area contributed by atoms with Gasteiger partial charge in [0.1, 0.15) is 0 Å². The van der Waals surface area contributed by atoms with Crippen LogP contribution in [0.2, 0.25) is 0 Å². The summed E-state index contributed by atoms with van der Waals surface area (Å²) in [5.41, 5.74) is 0. The lowest BCUT2D eigenvalue weighted by molar-refractivity contribution is 0.192. The van der Waals surface area contributed by atoms with E-state index in [2.05, 4.69) is 76.2 Å². The quantitative estimate of drug-likeness (QED) is 0.265. The van der Waals surface area contributed by atoms with Gasteiger partial charge in [0.2, 0.25) is 0 Å². The molecule has 0 spiro atoms. The Morgan fingerprint density at radius 1 is 0.333 bits per heavy atom. The molecule has 0 aromatic carbocycles. The number of rotatable bonds is 15. The zero-order valence-corrected chi connectivity index (χ0v) is 21.1. The Morgan fingerprint density at radius 2 is 0.667 bits per heavy atom. The van der Waals surface area contributed by atoms with E-state index in [0.29, 0.717) is 0 Å². The van der Waals surface area contributed by atoms with Crippen molar-refractivity contribution in [3.63, 3.8) is 0 Å². The molecule has 0 aliphatic carbocycles. The van der Waals surface area contributed by atoms with Crippen LogP contribution < -0.4 is 0 Å². The van der Waals surface area contributed by atoms with Crippen molar-refractivity contribution >= 4 is 0 Å². The number of hydrogen-bond donors (Lipinski definition) is 0. The first-order chi connectivity index (χ1) is 12.5. The molecule has 7 atom stereocenters. The van der Waals surface area contributed by atoms with E-state index in [0.717, 1.165) is 53.3 Å². The van der Waals surface area contributed by atoms with Crippen LogP contribution in [0, 0.1) is 53.3 Å². The summed E-state index contributed by atoms with van der Waals surface area (Å²) in [6.07, 6.45) is 9.83. The van der Waals surface area contributed by atoms with Crippen LogP contribution in [0.15, 0.2) is 0 Å². The first-order valence-corrected chi connectivity index (χ1v) is 12.5. The van der Waals surface area contributed by atoms with Crippen molar-refractivity contribution in [3.05, 3.63) is 0 Å². The van der Waals surface area contributed by atoms with Gasteiger partial charge in [-0.3, -0.25) is 0 Å². The molecule has 0 rings (SSSR count). The third-order valence-electron chi connectivity index (χ3n) is 7.96. The lowest BCUT2D eigenvalue weighted by Crippen LogP contribution is -2.22. The largest absolute Gasteiger partial charge is 0.0628 e. The molecule has 0 aromatic rings. The summed E-state index contributed by atoms with van der Waals surface area (Å²) >= 11 is 0. The molecule has 0 saturated carbocycles. The fraction of sp³-hybridized carbons (Fsp3) is 1.00. The Morgan fingerprint density at radius 3 is 1.07 bits per heavy atom. The first kappa shape index (κ1) is 27.0. The Labute approximate surface area is 174 Å². The summed E-state index contributed by atoms with van der Waals surface area (Å²) < 4.78 is 0. The van der Waals surface area contributed by atoms with E-state index in [1.165, 1.54) is 44.9 Å². The van der Waals surface area contributed by atoms with Gasteiger partial charge in [-0.1, -0.05) is 115 Å². The lowest BCUT2D eigenvalue weighted by Gasteiger charge is -2.31. The van der Waals surface area contributed by atoms with Gasteiger partial charge in [-0.2, -0.15) is 0 Å². The molecule has 0 amide bonds. The van der Waals surface area contributed by atoms with Crippen LogP contribution in [0.4, 0.5) is 0 Å². The minimum Gasteiger partial charge on any atom is -0.0628 e. The molecule has 0 aromatic heterocycles. The molecule has 0 N–H and O–H groups in total. The monoisotopic (exact) mass is 380 g/mol. The minimum atomic E-state index is 0.846. The average molecular weight is 381 g/mol. The molecule has 0 aliphatic heterocycles. The van der Waals surface area contributed by atoms with Crippen LogP contribution in [0.5, 0.6) is 0 Å². The maximum atomic E-state index is 2.51. The van der Waals surface area contributed by atoms with Crippen LogP contribution in [0.3, 0.4) is 0 Å². The Hall–Kier alpha value is 0. The van der Waals surface area contributed by atoms with Crippen molar-refractivity contribution in [2.45, 2.75) is 121 Å². The molecule has 0 radical (unpaired) electrons. The highest BCUT2D eigenvalue weighted by Gasteiger charge is 2.24. The summed E-state index contributed by atoms with van der Waals surface area (Å²) in [6.45, 7) is 26.9. The van der Waals surface area contributed by atoms with Gasteiger partial charge < -0.3 is 0 Å². The smallest absolute Gasteiger partial charge is 0.0391 e. The van der Waals surface area contributed by atoms with E-state index < -0.39 is 0 Å². The van der Waals surface area contributed by atoms with Crippen LogP contribution in [0.25, 0.3) is 0 Å². The van der Waals surface area contributed by atoms with Gasteiger partial charge in [0, 0.05) is 0 Å². The summed E-state index contributed by atoms with van der Waals surface area (Å²) in [5, 5.41) is 0. The molecule has 0 nitrogen and oxygen atoms in total. The molecule has 7 unspecified atom stereocenters. The summed E-state index contributed by atoms with van der Waals surface area (Å²) in [5.74, 6) is 7.76. The first-order valence-electron chi connectivity index (χ1n) is 12.5. The van der Waals surface area contributed by atoms with Gasteiger partial charge in [-0.05, 0) is 59.7 Å². The fourth-order valence-corrected chi connectivity index (χ4v) is 4.43. The molecule has 0 fully saturated rings. The van der Waals surface area contributed by atoms with E-state index >= 15 is 0 Å². The van der Waals surface area contributed by atoms with Crippen LogP contribution >= 0.6 is 0 Å². The molecule has 164 valence electrons. The van der Waals surface area contributed by atoms with Crippen molar-refractivity contribution in [1.82, 2.24) is 0 Å². The second-order valence-electron chi connectivity index (χ2n) is 11.5. The van der Waals surface area contributed by atoms with Crippen molar-refractivity contribution in [1.29, 1.82) is 0 Å². The Balaban J connectivity index is 4.26. The van der Waals surface area contributed by atoms with Crippen LogP contribution in [-0.4, -0.2) is 0 Å². The molecule has 0 saturated heterocycles. The molecular formula is C27H56. The van der Waals surface area contributed by atoms with Crippen LogP contribution in [0.1, 0.15) is 121 Å². The summed E-state index contributed by atoms with van der Waals surface area (Å²) in [7, 11) is 0. The van der Waals surface area contributed by atoms with E-state index in [1.807, 2.05) is 0 Å². The molecule has 0 heteroatoms. The van der Waals surface area contributed by atoms with Gasteiger partial charge in [0.25, 0.3) is 0 Å². The predicted molar refractivity (Wildman–Crippen MR) is 126 cm³/mol. The van der Waals surface area contributed by atoms with E-state index in [-0.39, 0.29) is 0 Å². The SMILES string of the molecule is CC(C)CCC(C)C(C)CCC(C)C(C)CC(C)C(C)C(C)CCC(C)C. The van der Waals surface area contributed by atoms with Crippen molar-refractivity contribution in [2.24, 2.45) is 53.3 Å². The molecule has 0 bridgehead atoms. The maximum absolute atomic E-state index is 2.51. The van der Waals surface area contributed by atoms with Gasteiger partial charge >= 0.3 is 0 Å². The highest BCUT2D eigenvalue weighted by Crippen LogP contribution is 2.34. The van der Waals surface area contributed by atoms with Crippen LogP contribution in [-0.2, 0) is 0 Å². The maximum Gasteiger partial charge on any atom is -0.0391 e. The van der Waals surface area contributed by atoms with Crippen molar-refractivity contribution < 1.29 is 0 Å². The normalized spacial score (nSPS) is 20.3. The number of hydrogen-bond acceptors (Lipinski definition) is 0. The second-order valence-corrected chi connectivity index (χ2v) is 11.5. The molecular weight excluding hydrogens is 324 g/mol. The zero-order valence-electron chi connectivity index (χ0n) is 21.1. The molecule has 27 heavy (non-hydrogen) atoms. The third kappa shape index (κ3) is 12.2. The lowest BCUT2D eigenvalue weighted by atomic mass is 9.75. The second kappa shape index (κ2) is 14.1. The predicted octanol–water partition coefficient (Wildman–Crippen LogP) is 9.48. The summed E-state index contributed by atoms with van der Waals surface area (Å²) in [4.78, 5) is 0. The summed E-state index contributed by atoms with van der Waals surface area (Å²) in [6, 6.07) is 0. The van der Waals surface area contributed by atoms with Crippen molar-refractivity contribution in [3.8, 4) is 0 Å². The van der Waals surface area contributed by atoms with Gasteiger partial charge in [0.15, 0.2) is 0 Å². The Kier molecular flexibility index (Phi) is 14.1. The molecule has 0 heterocycles.